The van der Waals surface area contributed by atoms with Gasteiger partial charge < -0.3 is 9.99 Å². The topological polar surface area (TPSA) is 67.8 Å². The molecule has 0 heterocycles. The van der Waals surface area contributed by atoms with Crippen molar-refractivity contribution in [2.75, 3.05) is 0 Å². The lowest BCUT2D eigenvalue weighted by atomic mass is 9.54. The minimum Gasteiger partial charge on any atom is -0.691 e. The summed E-state index contributed by atoms with van der Waals surface area (Å²) in [4.78, 5) is 11.6. The van der Waals surface area contributed by atoms with E-state index in [1.54, 1.807) is 0 Å². The highest BCUT2D eigenvalue weighted by molar-refractivity contribution is 7.96. The average molecular weight is 309 g/mol. The van der Waals surface area contributed by atoms with Gasteiger partial charge in [0.25, 0.3) is 0 Å². The Bertz CT molecular complexity index is 368. The van der Waals surface area contributed by atoms with Crippen molar-refractivity contribution in [1.82, 2.24) is 0 Å². The zero-order valence-corrected chi connectivity index (χ0v) is 11.5. The number of halogens is 2. The second-order valence-corrected chi connectivity index (χ2v) is 7.04. The molecule has 4 bridgehead atoms. The van der Waals surface area contributed by atoms with Crippen LogP contribution < -0.4 is 5.26 Å². The number of carbonyl (C=O) groups excluding carboxylic acids is 1. The monoisotopic (exact) mass is 309 g/mol. The van der Waals surface area contributed by atoms with Gasteiger partial charge in [-0.1, -0.05) is 0 Å². The molecule has 4 aliphatic rings. The lowest BCUT2D eigenvalue weighted by molar-refractivity contribution is -0.777. The van der Waals surface area contributed by atoms with Gasteiger partial charge >= 0.3 is 11.2 Å². The molecular formula is C12H15F2O5S-. The number of hydrogen-bond acceptors (Lipinski definition) is 6. The lowest BCUT2D eigenvalue weighted by Crippen LogP contribution is -2.54. The zero-order valence-electron chi connectivity index (χ0n) is 10.7. The number of rotatable bonds is 5. The zero-order chi connectivity index (χ0) is 14.4. The standard InChI is InChI=1S/C12H16F2O5S/c13-12(14,20-19-18-16)10(15)17-11-4-7-1-8(5-11)3-9(2-7)6-11/h7-9,16H,1-6H2/p-1. The first-order chi connectivity index (χ1) is 9.42. The molecule has 4 saturated carbocycles. The van der Waals surface area contributed by atoms with Gasteiger partial charge in [-0.3, -0.25) is 5.04 Å². The fraction of sp³-hybridized carbons (Fsp3) is 0.917. The summed E-state index contributed by atoms with van der Waals surface area (Å²) in [6, 6.07) is 0. The number of ether oxygens (including phenoxy) is 1. The van der Waals surface area contributed by atoms with Crippen molar-refractivity contribution in [3.8, 4) is 0 Å². The van der Waals surface area contributed by atoms with Crippen LogP contribution in [0.1, 0.15) is 38.5 Å². The molecule has 5 nitrogen and oxygen atoms in total. The molecule has 0 aromatic carbocycles. The predicted octanol–water partition coefficient (Wildman–Crippen LogP) is 1.96. The van der Waals surface area contributed by atoms with Crippen LogP contribution in [-0.4, -0.2) is 16.8 Å². The van der Waals surface area contributed by atoms with Crippen molar-refractivity contribution < 1.29 is 32.9 Å². The van der Waals surface area contributed by atoms with E-state index in [-0.39, 0.29) is 0 Å². The number of alkyl halides is 2. The molecule has 0 unspecified atom stereocenters. The lowest BCUT2D eigenvalue weighted by Gasteiger charge is -2.55. The molecular weight excluding hydrogens is 294 g/mol. The Morgan fingerprint density at radius 1 is 1.15 bits per heavy atom. The molecule has 0 aromatic rings. The Balaban J connectivity index is 1.66. The largest absolute Gasteiger partial charge is 0.691 e. The molecule has 0 spiro atoms. The van der Waals surface area contributed by atoms with Crippen molar-refractivity contribution in [1.29, 1.82) is 0 Å². The van der Waals surface area contributed by atoms with E-state index in [0.717, 1.165) is 19.3 Å². The summed E-state index contributed by atoms with van der Waals surface area (Å²) in [5.74, 6) is -0.203. The quantitative estimate of drug-likeness (QED) is 0.335. The third-order valence-electron chi connectivity index (χ3n) is 4.70. The van der Waals surface area contributed by atoms with Gasteiger partial charge in [-0.2, -0.15) is 13.1 Å². The minimum absolute atomic E-state index is 0.483. The van der Waals surface area contributed by atoms with E-state index in [2.05, 4.69) is 9.37 Å². The van der Waals surface area contributed by atoms with E-state index in [1.807, 2.05) is 0 Å². The van der Waals surface area contributed by atoms with Gasteiger partial charge in [0.15, 0.2) is 0 Å². The van der Waals surface area contributed by atoms with Gasteiger partial charge in [-0.05, 0) is 56.3 Å². The molecule has 4 rings (SSSR count). The Hall–Kier alpha value is -0.440. The van der Waals surface area contributed by atoms with E-state index >= 15 is 0 Å². The molecule has 8 heteroatoms. The molecule has 0 aromatic heterocycles. The highest BCUT2D eigenvalue weighted by Gasteiger charge is 2.56. The van der Waals surface area contributed by atoms with Crippen molar-refractivity contribution in [3.63, 3.8) is 0 Å². The molecule has 0 aliphatic heterocycles. The second kappa shape index (κ2) is 5.08. The van der Waals surface area contributed by atoms with Crippen LogP contribution in [0.5, 0.6) is 0 Å². The van der Waals surface area contributed by atoms with E-state index in [9.17, 15) is 18.8 Å². The fourth-order valence-corrected chi connectivity index (χ4v) is 4.73. The van der Waals surface area contributed by atoms with Crippen LogP contribution in [0.4, 0.5) is 8.78 Å². The van der Waals surface area contributed by atoms with Gasteiger partial charge in [-0.15, -0.1) is 0 Å². The van der Waals surface area contributed by atoms with Gasteiger partial charge in [0.05, 0.1) is 0 Å². The summed E-state index contributed by atoms with van der Waals surface area (Å²) in [7, 11) is 0. The van der Waals surface area contributed by atoms with Crippen LogP contribution in [0.2, 0.25) is 0 Å². The molecule has 0 N–H and O–H groups in total. The van der Waals surface area contributed by atoms with Crippen LogP contribution in [0, 0.1) is 17.8 Å². The van der Waals surface area contributed by atoms with Gasteiger partial charge in [-0.25, -0.2) is 4.79 Å². The summed E-state index contributed by atoms with van der Waals surface area (Å²) in [5, 5.41) is 8.49. The van der Waals surface area contributed by atoms with E-state index in [0.29, 0.717) is 37.0 Å². The van der Waals surface area contributed by atoms with Crippen molar-refractivity contribution >= 4 is 18.0 Å². The number of hydrogen-bond donors (Lipinski definition) is 0. The average Bonchev–Trinajstić information content (AvgIpc) is 2.34. The van der Waals surface area contributed by atoms with Crippen molar-refractivity contribution in [2.24, 2.45) is 17.8 Å². The summed E-state index contributed by atoms with van der Waals surface area (Å²) in [6.45, 7) is 0. The second-order valence-electron chi connectivity index (χ2n) is 6.23. The molecule has 20 heavy (non-hydrogen) atoms. The summed E-state index contributed by atoms with van der Waals surface area (Å²) in [5.41, 5.74) is -0.742. The molecule has 0 amide bonds. The fourth-order valence-electron chi connectivity index (χ4n) is 4.50. The Labute approximate surface area is 119 Å². The third-order valence-corrected chi connectivity index (χ3v) is 5.19. The first-order valence-corrected chi connectivity index (χ1v) is 7.42. The van der Waals surface area contributed by atoms with Gasteiger partial charge in [0, 0.05) is 0 Å². The minimum atomic E-state index is -3.94. The third kappa shape index (κ3) is 2.66. The highest BCUT2D eigenvalue weighted by Crippen LogP contribution is 2.57. The predicted molar refractivity (Wildman–Crippen MR) is 61.7 cm³/mol. The van der Waals surface area contributed by atoms with Crippen LogP contribution in [0.25, 0.3) is 0 Å². The smallest absolute Gasteiger partial charge is 0.415 e. The normalized spacial score (nSPS) is 39.0. The number of esters is 1. The summed E-state index contributed by atoms with van der Waals surface area (Å²) >= 11 is -0.627. The summed E-state index contributed by atoms with van der Waals surface area (Å²) in [6.07, 6.45) is 5.37. The van der Waals surface area contributed by atoms with Crippen molar-refractivity contribution in [2.45, 2.75) is 49.4 Å². The Kier molecular flexibility index (Phi) is 3.68. The maximum absolute atomic E-state index is 13.4. The maximum Gasteiger partial charge on any atom is 0.415 e. The molecule has 4 aliphatic carbocycles. The first-order valence-electron chi connectivity index (χ1n) is 6.68. The van der Waals surface area contributed by atoms with E-state index < -0.39 is 28.9 Å². The molecule has 0 saturated heterocycles. The molecule has 0 radical (unpaired) electrons. The first kappa shape index (κ1) is 14.5. The SMILES string of the molecule is O=C(OC12CC3CC(CC(C3)C1)C2)C(F)(F)SOO[O-]. The molecule has 114 valence electrons. The Morgan fingerprint density at radius 3 is 2.10 bits per heavy atom. The summed E-state index contributed by atoms with van der Waals surface area (Å²) < 4.78 is 35.6. The van der Waals surface area contributed by atoms with Crippen molar-refractivity contribution in [3.05, 3.63) is 0 Å². The number of carbonyl (C=O) groups is 1. The highest BCUT2D eigenvalue weighted by atomic mass is 32.2. The van der Waals surface area contributed by atoms with Crippen LogP contribution in [-0.2, 0) is 18.9 Å². The van der Waals surface area contributed by atoms with Gasteiger partial charge in [0.2, 0.25) is 0 Å². The molecule has 4 fully saturated rings. The van der Waals surface area contributed by atoms with Gasteiger partial charge in [0.1, 0.15) is 17.6 Å². The Morgan fingerprint density at radius 2 is 1.65 bits per heavy atom. The van der Waals surface area contributed by atoms with Crippen LogP contribution in [0.15, 0.2) is 0 Å². The molecule has 0 atom stereocenters. The van der Waals surface area contributed by atoms with Crippen LogP contribution in [0.3, 0.4) is 0 Å². The van der Waals surface area contributed by atoms with E-state index in [1.165, 1.54) is 0 Å². The van der Waals surface area contributed by atoms with E-state index in [4.69, 9.17) is 4.74 Å². The maximum atomic E-state index is 13.4. The van der Waals surface area contributed by atoms with Crippen LogP contribution >= 0.6 is 12.0 Å².